The molecule has 0 aliphatic heterocycles. The molecule has 24 heavy (non-hydrogen) atoms. The first-order chi connectivity index (χ1) is 11.4. The molecule has 0 aliphatic rings. The predicted molar refractivity (Wildman–Crippen MR) is 98.7 cm³/mol. The molecule has 4 nitrogen and oxygen atoms in total. The van der Waals surface area contributed by atoms with Crippen LogP contribution in [-0.2, 0) is 5.41 Å². The Morgan fingerprint density at radius 3 is 2.33 bits per heavy atom. The van der Waals surface area contributed by atoms with Gasteiger partial charge in [0.15, 0.2) is 0 Å². The molecule has 0 fully saturated rings. The van der Waals surface area contributed by atoms with Gasteiger partial charge in [-0.15, -0.1) is 0 Å². The number of rotatable bonds is 6. The highest BCUT2D eigenvalue weighted by atomic mass is 16.5. The van der Waals surface area contributed by atoms with Gasteiger partial charge in [-0.25, -0.2) is 4.79 Å². The van der Waals surface area contributed by atoms with E-state index in [9.17, 15) is 4.79 Å². The van der Waals surface area contributed by atoms with Crippen LogP contribution in [0.15, 0.2) is 54.6 Å². The zero-order valence-corrected chi connectivity index (χ0v) is 14.8. The lowest BCUT2D eigenvalue weighted by molar-refractivity contribution is 0.241. The molecule has 0 atom stereocenters. The van der Waals surface area contributed by atoms with E-state index in [4.69, 9.17) is 4.74 Å². The van der Waals surface area contributed by atoms with E-state index in [0.29, 0.717) is 18.0 Å². The van der Waals surface area contributed by atoms with Crippen molar-refractivity contribution in [3.05, 3.63) is 60.2 Å². The molecule has 2 amide bonds. The summed E-state index contributed by atoms with van der Waals surface area (Å²) in [6.45, 7) is 8.67. The second kappa shape index (κ2) is 7.86. The van der Waals surface area contributed by atoms with E-state index in [1.54, 1.807) is 0 Å². The number of hydrogen-bond donors (Lipinski definition) is 2. The highest BCUT2D eigenvalue weighted by molar-refractivity contribution is 5.90. The number of ether oxygens (including phenoxy) is 1. The van der Waals surface area contributed by atoms with Gasteiger partial charge < -0.3 is 15.4 Å². The molecule has 0 radical (unpaired) electrons. The number of anilines is 1. The maximum Gasteiger partial charge on any atom is 0.319 e. The summed E-state index contributed by atoms with van der Waals surface area (Å²) < 4.78 is 5.72. The number of nitrogens with one attached hydrogen (secondary N) is 2. The summed E-state index contributed by atoms with van der Waals surface area (Å²) >= 11 is 0. The van der Waals surface area contributed by atoms with Gasteiger partial charge in [0, 0.05) is 12.0 Å². The minimum Gasteiger partial charge on any atom is -0.489 e. The third kappa shape index (κ3) is 5.01. The lowest BCUT2D eigenvalue weighted by atomic mass is 9.85. The number of hydrogen-bond acceptors (Lipinski definition) is 2. The monoisotopic (exact) mass is 326 g/mol. The van der Waals surface area contributed by atoms with Crippen molar-refractivity contribution in [2.75, 3.05) is 11.9 Å². The van der Waals surface area contributed by atoms with Crippen molar-refractivity contribution < 1.29 is 9.53 Å². The molecule has 2 rings (SSSR count). The Kier molecular flexibility index (Phi) is 5.85. The zero-order chi connectivity index (χ0) is 17.6. The van der Waals surface area contributed by atoms with Crippen molar-refractivity contribution in [1.82, 2.24) is 5.32 Å². The quantitative estimate of drug-likeness (QED) is 0.817. The Morgan fingerprint density at radius 1 is 1.04 bits per heavy atom. The van der Waals surface area contributed by atoms with Gasteiger partial charge in [-0.1, -0.05) is 56.3 Å². The topological polar surface area (TPSA) is 50.4 Å². The minimum absolute atomic E-state index is 0.0491. The lowest BCUT2D eigenvalue weighted by Gasteiger charge is -2.25. The van der Waals surface area contributed by atoms with Crippen molar-refractivity contribution in [3.63, 3.8) is 0 Å². The van der Waals surface area contributed by atoms with E-state index in [-0.39, 0.29) is 17.6 Å². The van der Waals surface area contributed by atoms with Crippen LogP contribution in [0.4, 0.5) is 10.5 Å². The van der Waals surface area contributed by atoms with Crippen LogP contribution in [0, 0.1) is 0 Å². The average molecular weight is 326 g/mol. The fourth-order valence-electron chi connectivity index (χ4n) is 2.39. The Labute approximate surface area is 144 Å². The first kappa shape index (κ1) is 17.9. The summed E-state index contributed by atoms with van der Waals surface area (Å²) in [6, 6.07) is 17.4. The zero-order valence-electron chi connectivity index (χ0n) is 14.8. The molecule has 4 heteroatoms. The fraction of sp³-hybridized carbons (Fsp3) is 0.350. The highest BCUT2D eigenvalue weighted by Gasteiger charge is 2.21. The molecule has 0 aromatic heterocycles. The number of benzene rings is 2. The molecule has 0 bridgehead atoms. The van der Waals surface area contributed by atoms with Crippen LogP contribution in [0.3, 0.4) is 0 Å². The summed E-state index contributed by atoms with van der Waals surface area (Å²) in [5.41, 5.74) is 1.71. The van der Waals surface area contributed by atoms with Gasteiger partial charge in [0.2, 0.25) is 0 Å². The van der Waals surface area contributed by atoms with Crippen LogP contribution in [0.1, 0.15) is 33.3 Å². The van der Waals surface area contributed by atoms with E-state index in [1.165, 1.54) is 5.56 Å². The van der Waals surface area contributed by atoms with E-state index < -0.39 is 0 Å². The Bertz CT molecular complexity index is 666. The third-order valence-corrected chi connectivity index (χ3v) is 3.74. The Hall–Kier alpha value is -2.49. The van der Waals surface area contributed by atoms with Crippen molar-refractivity contribution in [2.45, 2.75) is 39.2 Å². The molecular weight excluding hydrogens is 300 g/mol. The maximum absolute atomic E-state index is 12.3. The third-order valence-electron chi connectivity index (χ3n) is 3.74. The van der Waals surface area contributed by atoms with Crippen LogP contribution >= 0.6 is 0 Å². The minimum atomic E-state index is -0.237. The van der Waals surface area contributed by atoms with Crippen molar-refractivity contribution in [3.8, 4) is 5.75 Å². The molecule has 128 valence electrons. The first-order valence-electron chi connectivity index (χ1n) is 8.24. The maximum atomic E-state index is 12.3. The Morgan fingerprint density at radius 2 is 1.67 bits per heavy atom. The first-order valence-corrected chi connectivity index (χ1v) is 8.24. The molecular formula is C20H26N2O2. The molecule has 0 spiro atoms. The van der Waals surface area contributed by atoms with Crippen LogP contribution in [0.5, 0.6) is 5.75 Å². The van der Waals surface area contributed by atoms with E-state index in [0.717, 1.165) is 0 Å². The summed E-state index contributed by atoms with van der Waals surface area (Å²) in [5.74, 6) is 0.671. The van der Waals surface area contributed by atoms with Gasteiger partial charge in [-0.3, -0.25) is 0 Å². The Balaban J connectivity index is 1.97. The van der Waals surface area contributed by atoms with E-state index >= 15 is 0 Å². The van der Waals surface area contributed by atoms with E-state index in [1.807, 2.05) is 56.3 Å². The smallest absolute Gasteiger partial charge is 0.319 e. The number of urea groups is 1. The summed E-state index contributed by atoms with van der Waals surface area (Å²) in [7, 11) is 0. The fourth-order valence-corrected chi connectivity index (χ4v) is 2.39. The standard InChI is InChI=1S/C20H26N2O2/c1-15(2)24-18-13-9-8-12-17(18)22-19(23)21-14-20(3,4)16-10-6-5-7-11-16/h5-13,15H,14H2,1-4H3,(H2,21,22,23). The summed E-state index contributed by atoms with van der Waals surface area (Å²) in [5, 5.41) is 5.81. The summed E-state index contributed by atoms with van der Waals surface area (Å²) in [4.78, 5) is 12.3. The second-order valence-electron chi connectivity index (χ2n) is 6.72. The van der Waals surface area contributed by atoms with Crippen molar-refractivity contribution in [2.24, 2.45) is 0 Å². The predicted octanol–water partition coefficient (Wildman–Crippen LogP) is 4.57. The lowest BCUT2D eigenvalue weighted by Crippen LogP contribution is -2.39. The van der Waals surface area contributed by atoms with Crippen LogP contribution in [0.25, 0.3) is 0 Å². The molecule has 0 aliphatic carbocycles. The number of amides is 2. The van der Waals surface area contributed by atoms with Crippen LogP contribution in [0.2, 0.25) is 0 Å². The molecule has 0 heterocycles. The van der Waals surface area contributed by atoms with Gasteiger partial charge in [0.25, 0.3) is 0 Å². The van der Waals surface area contributed by atoms with Gasteiger partial charge in [0.05, 0.1) is 11.8 Å². The highest BCUT2D eigenvalue weighted by Crippen LogP contribution is 2.25. The van der Waals surface area contributed by atoms with Crippen LogP contribution < -0.4 is 15.4 Å². The normalized spacial score (nSPS) is 11.2. The number of carbonyl (C=O) groups excluding carboxylic acids is 1. The number of para-hydroxylation sites is 2. The second-order valence-corrected chi connectivity index (χ2v) is 6.72. The largest absolute Gasteiger partial charge is 0.489 e. The molecule has 0 saturated carbocycles. The SMILES string of the molecule is CC(C)Oc1ccccc1NC(=O)NCC(C)(C)c1ccccc1. The van der Waals surface area contributed by atoms with Gasteiger partial charge in [0.1, 0.15) is 5.75 Å². The van der Waals surface area contributed by atoms with Crippen molar-refractivity contribution in [1.29, 1.82) is 0 Å². The molecule has 0 unspecified atom stereocenters. The molecule has 2 aromatic carbocycles. The molecule has 2 N–H and O–H groups in total. The average Bonchev–Trinajstić information content (AvgIpc) is 2.55. The van der Waals surface area contributed by atoms with Crippen LogP contribution in [-0.4, -0.2) is 18.7 Å². The molecule has 0 saturated heterocycles. The van der Waals surface area contributed by atoms with Gasteiger partial charge in [-0.05, 0) is 31.5 Å². The van der Waals surface area contributed by atoms with Gasteiger partial charge in [-0.2, -0.15) is 0 Å². The van der Waals surface area contributed by atoms with Gasteiger partial charge >= 0.3 is 6.03 Å². The van der Waals surface area contributed by atoms with Crippen molar-refractivity contribution >= 4 is 11.7 Å². The van der Waals surface area contributed by atoms with E-state index in [2.05, 4.69) is 36.6 Å². The summed E-state index contributed by atoms with van der Waals surface area (Å²) in [6.07, 6.45) is 0.0491. The number of carbonyl (C=O) groups is 1. The molecule has 2 aromatic rings.